The summed E-state index contributed by atoms with van der Waals surface area (Å²) in [6.45, 7) is 2.32. The molecule has 23 heavy (non-hydrogen) atoms. The van der Waals surface area contributed by atoms with E-state index >= 15 is 0 Å². The Hall–Kier alpha value is -2.14. The van der Waals surface area contributed by atoms with Crippen LogP contribution in [0.15, 0.2) is 52.0 Å². The monoisotopic (exact) mass is 372 g/mol. The maximum absolute atomic E-state index is 12.1. The normalized spacial score (nSPS) is 14.8. The predicted molar refractivity (Wildman–Crippen MR) is 93.3 cm³/mol. The number of hydrogen-bond donors (Lipinski definition) is 1. The third-order valence-corrected chi connectivity index (χ3v) is 4.47. The van der Waals surface area contributed by atoms with Crippen LogP contribution in [-0.4, -0.2) is 21.7 Å². The lowest BCUT2D eigenvalue weighted by molar-refractivity contribution is -0.132. The van der Waals surface area contributed by atoms with Crippen LogP contribution in [-0.2, 0) is 11.3 Å². The number of phenols is 1. The van der Waals surface area contributed by atoms with Crippen molar-refractivity contribution in [2.75, 3.05) is 0 Å². The Bertz CT molecular complexity index is 749. The van der Waals surface area contributed by atoms with E-state index < -0.39 is 0 Å². The summed E-state index contributed by atoms with van der Waals surface area (Å²) in [6.07, 6.45) is 1.06. The largest absolute Gasteiger partial charge is 0.506 e. The standard InChI is InChI=1S/C18H17BrN2O2/c1-12-9-14(10-15(19)18(12)23)16-7-8-17(22)21(20-16)11-13-5-3-2-4-6-13/h2-6,9-10,23H,7-8,11H2,1H3. The van der Waals surface area contributed by atoms with E-state index in [0.29, 0.717) is 23.9 Å². The highest BCUT2D eigenvalue weighted by molar-refractivity contribution is 9.10. The number of hydrogen-bond acceptors (Lipinski definition) is 3. The second-order valence-electron chi connectivity index (χ2n) is 5.61. The lowest BCUT2D eigenvalue weighted by Crippen LogP contribution is -2.31. The maximum Gasteiger partial charge on any atom is 0.243 e. The average Bonchev–Trinajstić information content (AvgIpc) is 2.55. The van der Waals surface area contributed by atoms with Crippen molar-refractivity contribution >= 4 is 27.5 Å². The Morgan fingerprint density at radius 2 is 1.96 bits per heavy atom. The first-order chi connectivity index (χ1) is 11.0. The smallest absolute Gasteiger partial charge is 0.243 e. The van der Waals surface area contributed by atoms with Crippen LogP contribution in [0.1, 0.15) is 29.5 Å². The van der Waals surface area contributed by atoms with Gasteiger partial charge in [-0.05, 0) is 51.7 Å². The second kappa shape index (κ2) is 6.54. The van der Waals surface area contributed by atoms with Crippen molar-refractivity contribution in [2.45, 2.75) is 26.3 Å². The molecule has 0 aromatic heterocycles. The molecule has 0 saturated heterocycles. The summed E-state index contributed by atoms with van der Waals surface area (Å²) in [5, 5.41) is 15.9. The topological polar surface area (TPSA) is 52.9 Å². The van der Waals surface area contributed by atoms with Crippen molar-refractivity contribution in [3.05, 3.63) is 63.6 Å². The first-order valence-electron chi connectivity index (χ1n) is 7.46. The molecular formula is C18H17BrN2O2. The van der Waals surface area contributed by atoms with Gasteiger partial charge in [-0.3, -0.25) is 4.79 Å². The van der Waals surface area contributed by atoms with Gasteiger partial charge in [-0.2, -0.15) is 5.10 Å². The Morgan fingerprint density at radius 3 is 2.65 bits per heavy atom. The highest BCUT2D eigenvalue weighted by Crippen LogP contribution is 2.30. The fourth-order valence-electron chi connectivity index (χ4n) is 2.59. The molecule has 1 aliphatic rings. The van der Waals surface area contributed by atoms with Crippen molar-refractivity contribution in [1.82, 2.24) is 5.01 Å². The van der Waals surface area contributed by atoms with E-state index in [0.717, 1.165) is 22.4 Å². The van der Waals surface area contributed by atoms with E-state index in [1.807, 2.05) is 49.4 Å². The van der Waals surface area contributed by atoms with E-state index in [2.05, 4.69) is 21.0 Å². The van der Waals surface area contributed by atoms with Crippen molar-refractivity contribution in [3.63, 3.8) is 0 Å². The van der Waals surface area contributed by atoms with Gasteiger partial charge in [-0.25, -0.2) is 5.01 Å². The van der Waals surface area contributed by atoms with E-state index in [1.54, 1.807) is 0 Å². The van der Waals surface area contributed by atoms with Crippen molar-refractivity contribution in [3.8, 4) is 5.75 Å². The zero-order chi connectivity index (χ0) is 16.4. The number of rotatable bonds is 3. The number of benzene rings is 2. The van der Waals surface area contributed by atoms with Crippen LogP contribution in [0.2, 0.25) is 0 Å². The van der Waals surface area contributed by atoms with Gasteiger partial charge in [-0.15, -0.1) is 0 Å². The van der Waals surface area contributed by atoms with Gasteiger partial charge in [0.05, 0.1) is 16.7 Å². The number of nitrogens with zero attached hydrogens (tertiary/aromatic N) is 2. The summed E-state index contributed by atoms with van der Waals surface area (Å²) in [5.41, 5.74) is 3.62. The first-order valence-corrected chi connectivity index (χ1v) is 8.25. The molecule has 4 nitrogen and oxygen atoms in total. The Labute approximate surface area is 143 Å². The number of carbonyl (C=O) groups is 1. The number of amides is 1. The molecule has 118 valence electrons. The Morgan fingerprint density at radius 1 is 1.22 bits per heavy atom. The molecule has 2 aromatic rings. The fourth-order valence-corrected chi connectivity index (χ4v) is 3.15. The van der Waals surface area contributed by atoms with Crippen LogP contribution in [0.25, 0.3) is 0 Å². The van der Waals surface area contributed by atoms with Gasteiger partial charge >= 0.3 is 0 Å². The van der Waals surface area contributed by atoms with Gasteiger partial charge in [0.25, 0.3) is 0 Å². The molecule has 1 amide bonds. The molecule has 0 atom stereocenters. The molecule has 3 rings (SSSR count). The second-order valence-corrected chi connectivity index (χ2v) is 6.46. The summed E-state index contributed by atoms with van der Waals surface area (Å²) in [4.78, 5) is 12.1. The Kier molecular flexibility index (Phi) is 4.48. The summed E-state index contributed by atoms with van der Waals surface area (Å²) >= 11 is 3.36. The number of aromatic hydroxyl groups is 1. The van der Waals surface area contributed by atoms with E-state index in [4.69, 9.17) is 0 Å². The average molecular weight is 373 g/mol. The molecule has 1 aliphatic heterocycles. The van der Waals surface area contributed by atoms with Gasteiger partial charge in [0.15, 0.2) is 0 Å². The van der Waals surface area contributed by atoms with E-state index in [-0.39, 0.29) is 11.7 Å². The summed E-state index contributed by atoms with van der Waals surface area (Å²) in [6, 6.07) is 13.6. The summed E-state index contributed by atoms with van der Waals surface area (Å²) in [5.74, 6) is 0.273. The van der Waals surface area contributed by atoms with Crippen LogP contribution in [0.5, 0.6) is 5.75 Å². The molecular weight excluding hydrogens is 356 g/mol. The lowest BCUT2D eigenvalue weighted by Gasteiger charge is -2.24. The van der Waals surface area contributed by atoms with E-state index in [1.165, 1.54) is 5.01 Å². The van der Waals surface area contributed by atoms with Crippen LogP contribution in [0, 0.1) is 6.92 Å². The maximum atomic E-state index is 12.1. The van der Waals surface area contributed by atoms with Crippen LogP contribution in [0.4, 0.5) is 0 Å². The van der Waals surface area contributed by atoms with Gasteiger partial charge < -0.3 is 5.11 Å². The molecule has 0 bridgehead atoms. The minimum absolute atomic E-state index is 0.0344. The Balaban J connectivity index is 1.91. The van der Waals surface area contributed by atoms with E-state index in [9.17, 15) is 9.90 Å². The van der Waals surface area contributed by atoms with Crippen molar-refractivity contribution in [1.29, 1.82) is 0 Å². The molecule has 0 unspecified atom stereocenters. The minimum atomic E-state index is 0.0344. The lowest BCUT2D eigenvalue weighted by atomic mass is 10.0. The molecule has 0 aliphatic carbocycles. The van der Waals surface area contributed by atoms with Crippen LogP contribution in [0.3, 0.4) is 0 Å². The molecule has 5 heteroatoms. The predicted octanol–water partition coefficient (Wildman–Crippen LogP) is 3.99. The van der Waals surface area contributed by atoms with Gasteiger partial charge in [0.1, 0.15) is 5.75 Å². The highest BCUT2D eigenvalue weighted by Gasteiger charge is 2.22. The molecule has 1 N–H and O–H groups in total. The van der Waals surface area contributed by atoms with Crippen molar-refractivity contribution < 1.29 is 9.90 Å². The molecule has 1 heterocycles. The SMILES string of the molecule is Cc1cc(C2=NN(Cc3ccccc3)C(=O)CC2)cc(Br)c1O. The fraction of sp³-hybridized carbons (Fsp3) is 0.222. The van der Waals surface area contributed by atoms with Gasteiger partial charge in [0.2, 0.25) is 5.91 Å². The summed E-state index contributed by atoms with van der Waals surface area (Å²) in [7, 11) is 0. The quantitative estimate of drug-likeness (QED) is 0.885. The molecule has 0 fully saturated rings. The first kappa shape index (κ1) is 15.7. The minimum Gasteiger partial charge on any atom is -0.506 e. The number of carbonyl (C=O) groups excluding carboxylic acids is 1. The number of halogens is 1. The van der Waals surface area contributed by atoms with Crippen LogP contribution < -0.4 is 0 Å². The zero-order valence-corrected chi connectivity index (χ0v) is 14.4. The number of phenolic OH excluding ortho intramolecular Hbond substituents is 1. The third kappa shape index (κ3) is 3.45. The highest BCUT2D eigenvalue weighted by atomic mass is 79.9. The summed E-state index contributed by atoms with van der Waals surface area (Å²) < 4.78 is 0.640. The third-order valence-electron chi connectivity index (χ3n) is 3.87. The van der Waals surface area contributed by atoms with Gasteiger partial charge in [0, 0.05) is 12.8 Å². The zero-order valence-electron chi connectivity index (χ0n) is 12.8. The molecule has 2 aromatic carbocycles. The number of aryl methyl sites for hydroxylation is 1. The number of hydrazone groups is 1. The van der Waals surface area contributed by atoms with Crippen molar-refractivity contribution in [2.24, 2.45) is 5.10 Å². The molecule has 0 spiro atoms. The molecule has 0 radical (unpaired) electrons. The van der Waals surface area contributed by atoms with Crippen LogP contribution >= 0.6 is 15.9 Å². The molecule has 0 saturated carbocycles. The van der Waals surface area contributed by atoms with Gasteiger partial charge in [-0.1, -0.05) is 30.3 Å².